The quantitative estimate of drug-likeness (QED) is 0.847. The average molecular weight is 334 g/mol. The highest BCUT2D eigenvalue weighted by Gasteiger charge is 2.27. The SMILES string of the molecule is CCNc1cc2c(nn1)CCN(C(=O)[C@H](C)OC[C@H]1CCCO1)C2. The summed E-state index contributed by atoms with van der Waals surface area (Å²) in [6.45, 7) is 7.15. The van der Waals surface area contributed by atoms with Gasteiger partial charge in [-0.1, -0.05) is 0 Å². The Labute approximate surface area is 142 Å². The molecule has 0 aromatic carbocycles. The number of carbonyl (C=O) groups excluding carboxylic acids is 1. The van der Waals surface area contributed by atoms with E-state index in [9.17, 15) is 4.79 Å². The van der Waals surface area contributed by atoms with Crippen LogP contribution in [0.2, 0.25) is 0 Å². The van der Waals surface area contributed by atoms with E-state index in [0.717, 1.165) is 49.5 Å². The largest absolute Gasteiger partial charge is 0.376 e. The molecular weight excluding hydrogens is 308 g/mol. The standard InChI is InChI=1S/C17H26N4O3/c1-3-18-16-9-13-10-21(7-6-15(13)19-20-16)17(22)12(2)24-11-14-5-4-8-23-14/h9,12,14H,3-8,10-11H2,1-2H3,(H,18,20)/t12-,14+/m0/s1. The van der Waals surface area contributed by atoms with Gasteiger partial charge in [0.15, 0.2) is 0 Å². The zero-order valence-corrected chi connectivity index (χ0v) is 14.5. The van der Waals surface area contributed by atoms with Crippen LogP contribution in [0, 0.1) is 0 Å². The topological polar surface area (TPSA) is 76.6 Å². The first-order valence-electron chi connectivity index (χ1n) is 8.78. The highest BCUT2D eigenvalue weighted by Crippen LogP contribution is 2.20. The highest BCUT2D eigenvalue weighted by atomic mass is 16.5. The van der Waals surface area contributed by atoms with Crippen LogP contribution in [-0.2, 0) is 27.2 Å². The lowest BCUT2D eigenvalue weighted by molar-refractivity contribution is -0.145. The Morgan fingerprint density at radius 1 is 1.54 bits per heavy atom. The fraction of sp³-hybridized carbons (Fsp3) is 0.706. The van der Waals surface area contributed by atoms with Crippen LogP contribution in [0.3, 0.4) is 0 Å². The molecule has 7 heteroatoms. The van der Waals surface area contributed by atoms with Gasteiger partial charge in [-0.25, -0.2) is 0 Å². The lowest BCUT2D eigenvalue weighted by atomic mass is 10.1. The van der Waals surface area contributed by atoms with Crippen LogP contribution in [0.15, 0.2) is 6.07 Å². The summed E-state index contributed by atoms with van der Waals surface area (Å²) in [4.78, 5) is 14.5. The summed E-state index contributed by atoms with van der Waals surface area (Å²) in [6, 6.07) is 1.99. The zero-order chi connectivity index (χ0) is 16.9. The predicted octanol–water partition coefficient (Wildman–Crippen LogP) is 1.38. The molecule has 1 aromatic rings. The van der Waals surface area contributed by atoms with Crippen molar-refractivity contribution in [2.45, 2.75) is 51.9 Å². The second-order valence-electron chi connectivity index (χ2n) is 6.35. The van der Waals surface area contributed by atoms with Crippen LogP contribution < -0.4 is 5.32 Å². The maximum atomic E-state index is 12.6. The molecule has 24 heavy (non-hydrogen) atoms. The van der Waals surface area contributed by atoms with Crippen LogP contribution in [0.5, 0.6) is 0 Å². The van der Waals surface area contributed by atoms with Crippen molar-refractivity contribution >= 4 is 11.7 Å². The summed E-state index contributed by atoms with van der Waals surface area (Å²) in [5.41, 5.74) is 2.04. The van der Waals surface area contributed by atoms with Crippen molar-refractivity contribution < 1.29 is 14.3 Å². The number of fused-ring (bicyclic) bond motifs is 1. The smallest absolute Gasteiger partial charge is 0.251 e. The van der Waals surface area contributed by atoms with Crippen LogP contribution in [0.1, 0.15) is 37.9 Å². The number of aromatic nitrogens is 2. The Kier molecular flexibility index (Phi) is 5.63. The molecule has 7 nitrogen and oxygen atoms in total. The number of anilines is 1. The lowest BCUT2D eigenvalue weighted by Gasteiger charge is -2.30. The molecule has 0 unspecified atom stereocenters. The second kappa shape index (κ2) is 7.90. The van der Waals surface area contributed by atoms with Gasteiger partial charge in [0.25, 0.3) is 5.91 Å². The van der Waals surface area contributed by atoms with Crippen molar-refractivity contribution in [1.82, 2.24) is 15.1 Å². The van der Waals surface area contributed by atoms with Crippen molar-refractivity contribution in [3.05, 3.63) is 17.3 Å². The van der Waals surface area contributed by atoms with Crippen LogP contribution in [0.4, 0.5) is 5.82 Å². The molecule has 1 saturated heterocycles. The molecule has 1 amide bonds. The van der Waals surface area contributed by atoms with Crippen LogP contribution >= 0.6 is 0 Å². The number of rotatable bonds is 6. The Morgan fingerprint density at radius 3 is 3.17 bits per heavy atom. The van der Waals surface area contributed by atoms with Gasteiger partial charge in [0.05, 0.1) is 18.4 Å². The van der Waals surface area contributed by atoms with Gasteiger partial charge in [-0.3, -0.25) is 4.79 Å². The zero-order valence-electron chi connectivity index (χ0n) is 14.5. The first-order chi connectivity index (χ1) is 11.7. The molecule has 132 valence electrons. The van der Waals surface area contributed by atoms with Crippen molar-refractivity contribution in [2.24, 2.45) is 0 Å². The molecule has 2 atom stereocenters. The molecule has 0 radical (unpaired) electrons. The Balaban J connectivity index is 1.56. The molecular formula is C17H26N4O3. The molecule has 1 N–H and O–H groups in total. The van der Waals surface area contributed by atoms with Crippen molar-refractivity contribution in [1.29, 1.82) is 0 Å². The molecule has 1 aromatic heterocycles. The summed E-state index contributed by atoms with van der Waals surface area (Å²) in [7, 11) is 0. The Bertz CT molecular complexity index is 575. The van der Waals surface area contributed by atoms with Crippen molar-refractivity contribution in [3.63, 3.8) is 0 Å². The van der Waals surface area contributed by atoms with E-state index >= 15 is 0 Å². The number of nitrogens with one attached hydrogen (secondary N) is 1. The average Bonchev–Trinajstić information content (AvgIpc) is 3.12. The van der Waals surface area contributed by atoms with Gasteiger partial charge in [0.1, 0.15) is 11.9 Å². The number of hydrogen-bond donors (Lipinski definition) is 1. The summed E-state index contributed by atoms with van der Waals surface area (Å²) in [6.07, 6.45) is 2.52. The first kappa shape index (κ1) is 17.1. The van der Waals surface area contributed by atoms with E-state index in [0.29, 0.717) is 19.7 Å². The number of ether oxygens (including phenoxy) is 2. The normalized spacial score (nSPS) is 21.4. The third-order valence-electron chi connectivity index (χ3n) is 4.51. The van der Waals surface area contributed by atoms with Crippen LogP contribution in [-0.4, -0.2) is 59.5 Å². The summed E-state index contributed by atoms with van der Waals surface area (Å²) in [5, 5.41) is 11.6. The van der Waals surface area contributed by atoms with Gasteiger partial charge < -0.3 is 19.7 Å². The molecule has 0 aliphatic carbocycles. The van der Waals surface area contributed by atoms with Gasteiger partial charge in [-0.05, 0) is 38.3 Å². The molecule has 3 heterocycles. The molecule has 2 aliphatic heterocycles. The summed E-state index contributed by atoms with van der Waals surface area (Å²) >= 11 is 0. The van der Waals surface area contributed by atoms with E-state index in [-0.39, 0.29) is 12.0 Å². The number of carbonyl (C=O) groups is 1. The summed E-state index contributed by atoms with van der Waals surface area (Å²) < 4.78 is 11.3. The molecule has 0 bridgehead atoms. The monoisotopic (exact) mass is 334 g/mol. The van der Waals surface area contributed by atoms with E-state index in [1.807, 2.05) is 24.8 Å². The van der Waals surface area contributed by atoms with Crippen molar-refractivity contribution in [2.75, 3.05) is 31.6 Å². The first-order valence-corrected chi connectivity index (χ1v) is 8.78. The molecule has 3 rings (SSSR count). The van der Waals surface area contributed by atoms with Crippen LogP contribution in [0.25, 0.3) is 0 Å². The number of nitrogens with zero attached hydrogens (tertiary/aromatic N) is 3. The van der Waals surface area contributed by atoms with Gasteiger partial charge in [-0.15, -0.1) is 5.10 Å². The number of amides is 1. The van der Waals surface area contributed by atoms with E-state index in [2.05, 4.69) is 15.5 Å². The predicted molar refractivity (Wildman–Crippen MR) is 89.7 cm³/mol. The molecule has 2 aliphatic rings. The van der Waals surface area contributed by atoms with E-state index in [1.54, 1.807) is 0 Å². The minimum atomic E-state index is -0.446. The van der Waals surface area contributed by atoms with Gasteiger partial charge >= 0.3 is 0 Å². The molecule has 0 spiro atoms. The fourth-order valence-electron chi connectivity index (χ4n) is 3.14. The Hall–Kier alpha value is -1.73. The Morgan fingerprint density at radius 2 is 2.42 bits per heavy atom. The maximum absolute atomic E-state index is 12.6. The fourth-order valence-corrected chi connectivity index (χ4v) is 3.14. The van der Waals surface area contributed by atoms with E-state index in [4.69, 9.17) is 9.47 Å². The minimum absolute atomic E-state index is 0.0282. The van der Waals surface area contributed by atoms with Gasteiger partial charge in [-0.2, -0.15) is 5.10 Å². The third kappa shape index (κ3) is 4.02. The van der Waals surface area contributed by atoms with Gasteiger partial charge in [0, 0.05) is 32.7 Å². The second-order valence-corrected chi connectivity index (χ2v) is 6.35. The highest BCUT2D eigenvalue weighted by molar-refractivity contribution is 5.80. The summed E-state index contributed by atoms with van der Waals surface area (Å²) in [5.74, 6) is 0.786. The lowest BCUT2D eigenvalue weighted by Crippen LogP contribution is -2.43. The molecule has 0 saturated carbocycles. The third-order valence-corrected chi connectivity index (χ3v) is 4.51. The van der Waals surface area contributed by atoms with E-state index < -0.39 is 6.10 Å². The maximum Gasteiger partial charge on any atom is 0.251 e. The van der Waals surface area contributed by atoms with Crippen molar-refractivity contribution in [3.8, 4) is 0 Å². The molecule has 1 fully saturated rings. The number of hydrogen-bond acceptors (Lipinski definition) is 6. The van der Waals surface area contributed by atoms with Gasteiger partial charge in [0.2, 0.25) is 0 Å². The van der Waals surface area contributed by atoms with E-state index in [1.165, 1.54) is 0 Å². The minimum Gasteiger partial charge on any atom is -0.376 e.